The zero-order valence-corrected chi connectivity index (χ0v) is 20.7. The van der Waals surface area contributed by atoms with Crippen LogP contribution in [0.4, 0.5) is 0 Å². The number of esters is 1. The van der Waals surface area contributed by atoms with Crippen LogP contribution < -0.4 is 4.74 Å². The Balaban J connectivity index is 1.61. The van der Waals surface area contributed by atoms with Gasteiger partial charge in [0.25, 0.3) is 5.91 Å². The van der Waals surface area contributed by atoms with Crippen molar-refractivity contribution < 1.29 is 19.1 Å². The van der Waals surface area contributed by atoms with Crippen LogP contribution in [0.2, 0.25) is 0 Å². The summed E-state index contributed by atoms with van der Waals surface area (Å²) < 4.78 is 12.4. The Morgan fingerprint density at radius 2 is 1.71 bits per heavy atom. The molecule has 1 aliphatic heterocycles. The summed E-state index contributed by atoms with van der Waals surface area (Å²) >= 11 is 2.24. The van der Waals surface area contributed by atoms with Crippen LogP contribution in [0, 0.1) is 3.57 Å². The number of halogens is 1. The number of hydrogen-bond acceptors (Lipinski definition) is 4. The second-order valence-corrected chi connectivity index (χ2v) is 9.96. The summed E-state index contributed by atoms with van der Waals surface area (Å²) in [6.07, 6.45) is 1.62. The van der Waals surface area contributed by atoms with Crippen molar-refractivity contribution in [3.05, 3.63) is 63.2 Å². The van der Waals surface area contributed by atoms with Crippen molar-refractivity contribution >= 4 is 34.5 Å². The Morgan fingerprint density at radius 3 is 2.32 bits per heavy atom. The Hall–Kier alpha value is -2.09. The standard InChI is InChI=1S/C25H30INO4/c1-17(2)30-24(29)25(3,4)31-22-7-5-6-20(16-22)18-12-14-27(15-13-18)23(28)19-8-10-21(26)11-9-19/h5-11,16-18H,12-15H2,1-4H3. The van der Waals surface area contributed by atoms with Crippen molar-refractivity contribution in [1.82, 2.24) is 4.90 Å². The smallest absolute Gasteiger partial charge is 0.350 e. The molecule has 0 bridgehead atoms. The SMILES string of the molecule is CC(C)OC(=O)C(C)(C)Oc1cccc(C2CCN(C(=O)c3ccc(I)cc3)CC2)c1. The van der Waals surface area contributed by atoms with Gasteiger partial charge in [0.15, 0.2) is 5.60 Å². The van der Waals surface area contributed by atoms with Crippen molar-refractivity contribution in [2.45, 2.75) is 58.2 Å². The van der Waals surface area contributed by atoms with Crippen LogP contribution in [-0.2, 0) is 9.53 Å². The van der Waals surface area contributed by atoms with Crippen LogP contribution in [0.3, 0.4) is 0 Å². The molecule has 6 heteroatoms. The van der Waals surface area contributed by atoms with Crippen molar-refractivity contribution in [3.8, 4) is 5.75 Å². The first-order valence-electron chi connectivity index (χ1n) is 10.7. The maximum absolute atomic E-state index is 12.8. The zero-order chi connectivity index (χ0) is 22.6. The van der Waals surface area contributed by atoms with Crippen molar-refractivity contribution in [3.63, 3.8) is 0 Å². The summed E-state index contributed by atoms with van der Waals surface area (Å²) in [5, 5.41) is 0. The van der Waals surface area contributed by atoms with E-state index in [2.05, 4.69) is 28.7 Å². The quantitative estimate of drug-likeness (QED) is 0.366. The number of nitrogens with zero attached hydrogens (tertiary/aromatic N) is 1. The van der Waals surface area contributed by atoms with Gasteiger partial charge < -0.3 is 14.4 Å². The number of carbonyl (C=O) groups excluding carboxylic acids is 2. The number of benzene rings is 2. The predicted molar refractivity (Wildman–Crippen MR) is 129 cm³/mol. The predicted octanol–water partition coefficient (Wildman–Crippen LogP) is 5.42. The minimum Gasteiger partial charge on any atom is -0.476 e. The Bertz CT molecular complexity index is 915. The number of likely N-dealkylation sites (tertiary alicyclic amines) is 1. The summed E-state index contributed by atoms with van der Waals surface area (Å²) in [7, 11) is 0. The minimum atomic E-state index is -1.06. The van der Waals surface area contributed by atoms with Crippen LogP contribution in [0.1, 0.15) is 62.4 Å². The van der Waals surface area contributed by atoms with Gasteiger partial charge in [-0.3, -0.25) is 4.79 Å². The number of hydrogen-bond donors (Lipinski definition) is 0. The molecule has 1 amide bonds. The van der Waals surface area contributed by atoms with Gasteiger partial charge in [0.1, 0.15) is 5.75 Å². The highest BCUT2D eigenvalue weighted by molar-refractivity contribution is 14.1. The Labute approximate surface area is 198 Å². The van der Waals surface area contributed by atoms with E-state index in [4.69, 9.17) is 9.47 Å². The number of carbonyl (C=O) groups is 2. The lowest BCUT2D eigenvalue weighted by Crippen LogP contribution is -2.41. The third-order valence-electron chi connectivity index (χ3n) is 5.41. The van der Waals surface area contributed by atoms with E-state index in [-0.39, 0.29) is 18.0 Å². The average Bonchev–Trinajstić information content (AvgIpc) is 2.73. The molecule has 31 heavy (non-hydrogen) atoms. The van der Waals surface area contributed by atoms with E-state index in [1.54, 1.807) is 13.8 Å². The van der Waals surface area contributed by atoms with E-state index in [9.17, 15) is 9.59 Å². The van der Waals surface area contributed by atoms with Gasteiger partial charge in [0, 0.05) is 22.2 Å². The fourth-order valence-corrected chi connectivity index (χ4v) is 4.07. The first kappa shape index (κ1) is 23.6. The van der Waals surface area contributed by atoms with E-state index in [1.165, 1.54) is 5.56 Å². The zero-order valence-electron chi connectivity index (χ0n) is 18.6. The van der Waals surface area contributed by atoms with Gasteiger partial charge in [-0.1, -0.05) is 12.1 Å². The third-order valence-corrected chi connectivity index (χ3v) is 6.13. The molecule has 0 atom stereocenters. The molecule has 0 saturated carbocycles. The van der Waals surface area contributed by atoms with Crippen molar-refractivity contribution in [2.75, 3.05) is 13.1 Å². The normalized spacial score (nSPS) is 15.1. The van der Waals surface area contributed by atoms with Crippen LogP contribution in [-0.4, -0.2) is 41.6 Å². The summed E-state index contributed by atoms with van der Waals surface area (Å²) in [4.78, 5) is 27.0. The van der Waals surface area contributed by atoms with Crippen molar-refractivity contribution in [1.29, 1.82) is 0 Å². The Morgan fingerprint density at radius 1 is 1.06 bits per heavy atom. The number of rotatable bonds is 6. The molecule has 166 valence electrons. The van der Waals surface area contributed by atoms with Gasteiger partial charge in [-0.15, -0.1) is 0 Å². The molecule has 1 heterocycles. The molecular formula is C25H30INO4. The minimum absolute atomic E-state index is 0.0948. The van der Waals surface area contributed by atoms with Crippen LogP contribution in [0.25, 0.3) is 0 Å². The molecule has 1 aliphatic rings. The van der Waals surface area contributed by atoms with E-state index >= 15 is 0 Å². The molecule has 1 fully saturated rings. The fraction of sp³-hybridized carbons (Fsp3) is 0.440. The van der Waals surface area contributed by atoms with E-state index in [0.29, 0.717) is 11.7 Å². The lowest BCUT2D eigenvalue weighted by atomic mass is 9.89. The van der Waals surface area contributed by atoms with E-state index in [1.807, 2.05) is 61.2 Å². The first-order chi connectivity index (χ1) is 14.7. The van der Waals surface area contributed by atoms with E-state index < -0.39 is 5.60 Å². The van der Waals surface area contributed by atoms with Gasteiger partial charge in [-0.05, 0) is 111 Å². The maximum atomic E-state index is 12.8. The second-order valence-electron chi connectivity index (χ2n) is 8.71. The number of ether oxygens (including phenoxy) is 2. The highest BCUT2D eigenvalue weighted by Crippen LogP contribution is 2.32. The molecule has 1 saturated heterocycles. The molecule has 5 nitrogen and oxygen atoms in total. The topological polar surface area (TPSA) is 55.8 Å². The molecule has 2 aromatic carbocycles. The first-order valence-corrected chi connectivity index (χ1v) is 11.8. The lowest BCUT2D eigenvalue weighted by Gasteiger charge is -2.32. The summed E-state index contributed by atoms with van der Waals surface area (Å²) in [5.41, 5.74) is 0.850. The molecule has 2 aromatic rings. The van der Waals surface area contributed by atoms with Gasteiger partial charge >= 0.3 is 5.97 Å². The maximum Gasteiger partial charge on any atom is 0.350 e. The molecule has 0 aliphatic carbocycles. The lowest BCUT2D eigenvalue weighted by molar-refractivity contribution is -0.163. The molecular weight excluding hydrogens is 505 g/mol. The highest BCUT2D eigenvalue weighted by Gasteiger charge is 2.33. The largest absolute Gasteiger partial charge is 0.476 e. The highest BCUT2D eigenvalue weighted by atomic mass is 127. The number of amides is 1. The molecule has 0 unspecified atom stereocenters. The second kappa shape index (κ2) is 10.0. The fourth-order valence-electron chi connectivity index (χ4n) is 3.72. The molecule has 0 N–H and O–H groups in total. The van der Waals surface area contributed by atoms with Crippen LogP contribution >= 0.6 is 22.6 Å². The van der Waals surface area contributed by atoms with E-state index in [0.717, 1.165) is 35.1 Å². The Kier molecular flexibility index (Phi) is 7.62. The van der Waals surface area contributed by atoms with Crippen LogP contribution in [0.5, 0.6) is 5.75 Å². The van der Waals surface area contributed by atoms with Crippen LogP contribution in [0.15, 0.2) is 48.5 Å². The average molecular weight is 535 g/mol. The molecule has 3 rings (SSSR count). The molecule has 0 spiro atoms. The van der Waals surface area contributed by atoms with Crippen molar-refractivity contribution in [2.24, 2.45) is 0 Å². The van der Waals surface area contributed by atoms with Gasteiger partial charge in [0.2, 0.25) is 0 Å². The van der Waals surface area contributed by atoms with Gasteiger partial charge in [-0.2, -0.15) is 0 Å². The molecule has 0 aromatic heterocycles. The third kappa shape index (κ3) is 6.21. The monoisotopic (exact) mass is 535 g/mol. The van der Waals surface area contributed by atoms with Gasteiger partial charge in [-0.25, -0.2) is 4.79 Å². The summed E-state index contributed by atoms with van der Waals surface area (Å²) in [6.45, 7) is 8.55. The number of piperidine rings is 1. The van der Waals surface area contributed by atoms with Gasteiger partial charge in [0.05, 0.1) is 6.10 Å². The summed E-state index contributed by atoms with van der Waals surface area (Å²) in [5.74, 6) is 0.725. The molecule has 0 radical (unpaired) electrons. The summed E-state index contributed by atoms with van der Waals surface area (Å²) in [6, 6.07) is 15.6.